The Morgan fingerprint density at radius 1 is 1.17 bits per heavy atom. The van der Waals surface area contributed by atoms with E-state index in [1.54, 1.807) is 26.0 Å². The second-order valence-electron chi connectivity index (χ2n) is 7.52. The molecule has 29 heavy (non-hydrogen) atoms. The molecule has 1 N–H and O–H groups in total. The minimum absolute atomic E-state index is 0.266. The number of likely N-dealkylation sites (tertiary alicyclic amines) is 1. The van der Waals surface area contributed by atoms with Crippen LogP contribution in [0, 0.1) is 6.92 Å². The van der Waals surface area contributed by atoms with Crippen LogP contribution in [0.15, 0.2) is 36.4 Å². The quantitative estimate of drug-likeness (QED) is 0.743. The highest BCUT2D eigenvalue weighted by Crippen LogP contribution is 2.20. The topological polar surface area (TPSA) is 71.5 Å². The maximum atomic E-state index is 12.5. The highest BCUT2D eigenvalue weighted by molar-refractivity contribution is 6.03. The van der Waals surface area contributed by atoms with Gasteiger partial charge in [0, 0.05) is 18.3 Å². The molecule has 3 rings (SSSR count). The normalized spacial score (nSPS) is 17.0. The summed E-state index contributed by atoms with van der Waals surface area (Å²) >= 11 is 0. The molecule has 0 spiro atoms. The van der Waals surface area contributed by atoms with Gasteiger partial charge in [0.25, 0.3) is 5.91 Å². The van der Waals surface area contributed by atoms with E-state index in [1.165, 1.54) is 24.8 Å². The molecule has 0 radical (unpaired) electrons. The van der Waals surface area contributed by atoms with Crippen LogP contribution in [-0.4, -0.2) is 41.0 Å². The molecule has 1 saturated heterocycles. The molecule has 1 unspecified atom stereocenters. The second-order valence-corrected chi connectivity index (χ2v) is 7.52. The zero-order chi connectivity index (χ0) is 20.8. The Kier molecular flexibility index (Phi) is 6.99. The maximum absolute atomic E-state index is 12.5. The fourth-order valence-electron chi connectivity index (χ4n) is 3.63. The molecule has 6 nitrogen and oxygen atoms in total. The summed E-state index contributed by atoms with van der Waals surface area (Å²) in [5, 5.41) is 2.87. The van der Waals surface area contributed by atoms with Gasteiger partial charge in [0.05, 0.1) is 17.9 Å². The average molecular weight is 396 g/mol. The standard InChI is InChI=1S/C23H29N3O3/c1-4-29-23(28)20-12-13-21(24-17(20)3)22(27)25-19-10-8-18(9-11-19)15-26-14-6-5-7-16(26)2/h8-13,16H,4-7,14-15H2,1-3H3,(H,25,27). The molecule has 1 aliphatic rings. The number of anilines is 1. The lowest BCUT2D eigenvalue weighted by Gasteiger charge is -2.33. The van der Waals surface area contributed by atoms with Gasteiger partial charge in [-0.1, -0.05) is 18.6 Å². The van der Waals surface area contributed by atoms with Crippen molar-refractivity contribution in [1.82, 2.24) is 9.88 Å². The highest BCUT2D eigenvalue weighted by Gasteiger charge is 2.18. The lowest BCUT2D eigenvalue weighted by Crippen LogP contribution is -2.36. The zero-order valence-electron chi connectivity index (χ0n) is 17.4. The summed E-state index contributed by atoms with van der Waals surface area (Å²) in [4.78, 5) is 31.2. The zero-order valence-corrected chi connectivity index (χ0v) is 17.4. The van der Waals surface area contributed by atoms with Gasteiger partial charge in [0.15, 0.2) is 0 Å². The largest absolute Gasteiger partial charge is 0.462 e. The van der Waals surface area contributed by atoms with Crippen LogP contribution < -0.4 is 5.32 Å². The number of piperidine rings is 1. The molecule has 1 aromatic heterocycles. The summed E-state index contributed by atoms with van der Waals surface area (Å²) in [5.74, 6) is -0.732. The molecule has 0 bridgehead atoms. The molecule has 1 atom stereocenters. The highest BCUT2D eigenvalue weighted by atomic mass is 16.5. The molecule has 1 aromatic carbocycles. The Balaban J connectivity index is 1.61. The molecule has 6 heteroatoms. The van der Waals surface area contributed by atoms with Gasteiger partial charge in [-0.05, 0) is 70.0 Å². The van der Waals surface area contributed by atoms with Crippen LogP contribution in [0.3, 0.4) is 0 Å². The van der Waals surface area contributed by atoms with Crippen LogP contribution >= 0.6 is 0 Å². The van der Waals surface area contributed by atoms with Gasteiger partial charge in [-0.25, -0.2) is 9.78 Å². The van der Waals surface area contributed by atoms with Crippen LogP contribution in [0.25, 0.3) is 0 Å². The van der Waals surface area contributed by atoms with Crippen molar-refractivity contribution in [3.63, 3.8) is 0 Å². The van der Waals surface area contributed by atoms with Crippen LogP contribution in [0.1, 0.15) is 65.2 Å². The summed E-state index contributed by atoms with van der Waals surface area (Å²) in [6.45, 7) is 8.11. The fraction of sp³-hybridized carbons (Fsp3) is 0.435. The first-order valence-electron chi connectivity index (χ1n) is 10.3. The summed E-state index contributed by atoms with van der Waals surface area (Å²) < 4.78 is 4.99. The number of amides is 1. The van der Waals surface area contributed by atoms with Gasteiger partial charge in [-0.2, -0.15) is 0 Å². The minimum atomic E-state index is -0.428. The van der Waals surface area contributed by atoms with Gasteiger partial charge in [-0.15, -0.1) is 0 Å². The number of hydrogen-bond acceptors (Lipinski definition) is 5. The molecule has 0 aliphatic carbocycles. The van der Waals surface area contributed by atoms with E-state index in [9.17, 15) is 9.59 Å². The number of aryl methyl sites for hydroxylation is 1. The van der Waals surface area contributed by atoms with Gasteiger partial charge in [0.2, 0.25) is 0 Å². The monoisotopic (exact) mass is 395 g/mol. The van der Waals surface area contributed by atoms with Crippen molar-refractivity contribution < 1.29 is 14.3 Å². The average Bonchev–Trinajstić information content (AvgIpc) is 2.71. The number of carbonyl (C=O) groups is 2. The second kappa shape index (κ2) is 9.65. The number of esters is 1. The third kappa shape index (κ3) is 5.41. The Labute approximate surface area is 172 Å². The van der Waals surface area contributed by atoms with E-state index in [0.29, 0.717) is 23.9 Å². The Bertz CT molecular complexity index is 864. The summed E-state index contributed by atoms with van der Waals surface area (Å²) in [5.41, 5.74) is 3.08. The first kappa shape index (κ1) is 21.0. The predicted molar refractivity (Wildman–Crippen MR) is 113 cm³/mol. The Hall–Kier alpha value is -2.73. The summed E-state index contributed by atoms with van der Waals surface area (Å²) in [7, 11) is 0. The number of carbonyl (C=O) groups excluding carboxylic acids is 2. The molecule has 1 aliphatic heterocycles. The molecule has 2 aromatic rings. The number of nitrogens with zero attached hydrogens (tertiary/aromatic N) is 2. The number of pyridine rings is 1. The predicted octanol–water partition coefficient (Wildman–Crippen LogP) is 4.19. The Morgan fingerprint density at radius 3 is 2.59 bits per heavy atom. The van der Waals surface area contributed by atoms with E-state index in [2.05, 4.69) is 34.3 Å². The molecular formula is C23H29N3O3. The van der Waals surface area contributed by atoms with Crippen molar-refractivity contribution in [3.05, 3.63) is 58.9 Å². The molecule has 2 heterocycles. The summed E-state index contributed by atoms with van der Waals surface area (Å²) in [6, 6.07) is 11.7. The van der Waals surface area contributed by atoms with Gasteiger partial charge >= 0.3 is 5.97 Å². The third-order valence-electron chi connectivity index (χ3n) is 5.35. The van der Waals surface area contributed by atoms with E-state index in [-0.39, 0.29) is 11.6 Å². The first-order valence-corrected chi connectivity index (χ1v) is 10.3. The number of benzene rings is 1. The third-order valence-corrected chi connectivity index (χ3v) is 5.35. The van der Waals surface area contributed by atoms with Gasteiger partial charge in [0.1, 0.15) is 5.69 Å². The van der Waals surface area contributed by atoms with Crippen molar-refractivity contribution in [2.75, 3.05) is 18.5 Å². The number of rotatable bonds is 6. The van der Waals surface area contributed by atoms with Crippen LogP contribution in [-0.2, 0) is 11.3 Å². The molecule has 1 fully saturated rings. The van der Waals surface area contributed by atoms with E-state index in [0.717, 1.165) is 18.8 Å². The van der Waals surface area contributed by atoms with Gasteiger partial charge in [-0.3, -0.25) is 9.69 Å². The Morgan fingerprint density at radius 2 is 1.93 bits per heavy atom. The summed E-state index contributed by atoms with van der Waals surface area (Å²) in [6.07, 6.45) is 3.84. The van der Waals surface area contributed by atoms with Crippen molar-refractivity contribution >= 4 is 17.6 Å². The van der Waals surface area contributed by atoms with E-state index in [4.69, 9.17) is 4.74 Å². The molecular weight excluding hydrogens is 366 g/mol. The lowest BCUT2D eigenvalue weighted by atomic mass is 10.0. The molecule has 154 valence electrons. The fourth-order valence-corrected chi connectivity index (χ4v) is 3.63. The maximum Gasteiger partial charge on any atom is 0.339 e. The van der Waals surface area contributed by atoms with E-state index in [1.807, 2.05) is 12.1 Å². The smallest absolute Gasteiger partial charge is 0.339 e. The first-order chi connectivity index (χ1) is 14.0. The molecule has 1 amide bonds. The van der Waals surface area contributed by atoms with Crippen LogP contribution in [0.4, 0.5) is 5.69 Å². The van der Waals surface area contributed by atoms with Crippen molar-refractivity contribution in [1.29, 1.82) is 0 Å². The van der Waals surface area contributed by atoms with Crippen LogP contribution in [0.2, 0.25) is 0 Å². The van der Waals surface area contributed by atoms with Gasteiger partial charge < -0.3 is 10.1 Å². The van der Waals surface area contributed by atoms with E-state index < -0.39 is 5.97 Å². The number of hydrogen-bond donors (Lipinski definition) is 1. The number of ether oxygens (including phenoxy) is 1. The van der Waals surface area contributed by atoms with Crippen molar-refractivity contribution in [2.24, 2.45) is 0 Å². The minimum Gasteiger partial charge on any atom is -0.462 e. The molecule has 0 saturated carbocycles. The van der Waals surface area contributed by atoms with E-state index >= 15 is 0 Å². The SMILES string of the molecule is CCOC(=O)c1ccc(C(=O)Nc2ccc(CN3CCCCC3C)cc2)nc1C. The van der Waals surface area contributed by atoms with Crippen molar-refractivity contribution in [2.45, 2.75) is 52.6 Å². The van der Waals surface area contributed by atoms with Crippen LogP contribution in [0.5, 0.6) is 0 Å². The van der Waals surface area contributed by atoms with Crippen molar-refractivity contribution in [3.8, 4) is 0 Å². The number of nitrogens with one attached hydrogen (secondary N) is 1. The number of aromatic nitrogens is 1. The lowest BCUT2D eigenvalue weighted by molar-refractivity contribution is 0.0524.